The number of furan rings is 1. The lowest BCUT2D eigenvalue weighted by Gasteiger charge is -2.42. The molecule has 0 radical (unpaired) electrons. The number of carbonyl (C=O) groups is 1. The van der Waals surface area contributed by atoms with Crippen molar-refractivity contribution >= 4 is 16.9 Å². The van der Waals surface area contributed by atoms with Crippen molar-refractivity contribution in [2.45, 2.75) is 32.0 Å². The lowest BCUT2D eigenvalue weighted by atomic mass is 9.91. The zero-order valence-corrected chi connectivity index (χ0v) is 15.5. The number of hydrogen-bond acceptors (Lipinski definition) is 4. The van der Waals surface area contributed by atoms with E-state index < -0.39 is 5.60 Å². The van der Waals surface area contributed by atoms with Gasteiger partial charge in [-0.3, -0.25) is 4.79 Å². The van der Waals surface area contributed by atoms with Gasteiger partial charge in [0.2, 0.25) is 0 Å². The molecule has 3 aromatic rings. The van der Waals surface area contributed by atoms with E-state index in [1.807, 2.05) is 55.5 Å². The molecular formula is C22H23NO4. The first-order valence-electron chi connectivity index (χ1n) is 9.16. The topological polar surface area (TPSA) is 62.9 Å². The molecule has 2 aromatic carbocycles. The van der Waals surface area contributed by atoms with Gasteiger partial charge in [0.1, 0.15) is 23.0 Å². The standard InChI is InChI=1S/C22H23NO4/c1-15-8-9-18-16(12-15)13-19(27-18)21(24)23-11-10-20(22(2,25)14-23)26-17-6-4-3-5-7-17/h3-9,12-13,20,25H,10-11,14H2,1-2H3/t20-,22-/m0/s1. The number of ether oxygens (including phenoxy) is 1. The highest BCUT2D eigenvalue weighted by molar-refractivity contribution is 5.96. The fourth-order valence-corrected chi connectivity index (χ4v) is 3.60. The first-order chi connectivity index (χ1) is 12.9. The number of benzene rings is 2. The average molecular weight is 365 g/mol. The highest BCUT2D eigenvalue weighted by atomic mass is 16.5. The number of nitrogens with zero attached hydrogens (tertiary/aromatic N) is 1. The zero-order valence-electron chi connectivity index (χ0n) is 15.5. The van der Waals surface area contributed by atoms with Crippen molar-refractivity contribution in [2.75, 3.05) is 13.1 Å². The second-order valence-electron chi connectivity index (χ2n) is 7.44. The molecule has 1 N–H and O–H groups in total. The molecule has 1 saturated heterocycles. The lowest BCUT2D eigenvalue weighted by Crippen LogP contribution is -2.58. The molecule has 27 heavy (non-hydrogen) atoms. The van der Waals surface area contributed by atoms with E-state index in [1.54, 1.807) is 17.9 Å². The van der Waals surface area contributed by atoms with Crippen LogP contribution in [-0.2, 0) is 0 Å². The van der Waals surface area contributed by atoms with Gasteiger partial charge < -0.3 is 19.2 Å². The maximum absolute atomic E-state index is 12.9. The molecule has 0 bridgehead atoms. The molecule has 4 rings (SSSR count). The van der Waals surface area contributed by atoms with Gasteiger partial charge in [-0.25, -0.2) is 0 Å². The van der Waals surface area contributed by atoms with Crippen LogP contribution in [0.15, 0.2) is 59.0 Å². The monoisotopic (exact) mass is 365 g/mol. The van der Waals surface area contributed by atoms with Crippen LogP contribution in [0, 0.1) is 6.92 Å². The van der Waals surface area contributed by atoms with Crippen LogP contribution in [0.25, 0.3) is 11.0 Å². The van der Waals surface area contributed by atoms with E-state index in [2.05, 4.69) is 0 Å². The Hall–Kier alpha value is -2.79. The highest BCUT2D eigenvalue weighted by Gasteiger charge is 2.42. The van der Waals surface area contributed by atoms with Crippen LogP contribution in [0.1, 0.15) is 29.5 Å². The van der Waals surface area contributed by atoms with Crippen LogP contribution < -0.4 is 4.74 Å². The Morgan fingerprint density at radius 3 is 2.74 bits per heavy atom. The second-order valence-corrected chi connectivity index (χ2v) is 7.44. The normalized spacial score (nSPS) is 22.8. The minimum Gasteiger partial charge on any atom is -0.487 e. The molecule has 0 saturated carbocycles. The van der Waals surface area contributed by atoms with Gasteiger partial charge in [-0.1, -0.05) is 29.8 Å². The van der Waals surface area contributed by atoms with E-state index in [0.29, 0.717) is 24.3 Å². The molecule has 1 aromatic heterocycles. The summed E-state index contributed by atoms with van der Waals surface area (Å²) in [5, 5.41) is 11.8. The van der Waals surface area contributed by atoms with E-state index in [4.69, 9.17) is 9.15 Å². The predicted octanol–water partition coefficient (Wildman–Crippen LogP) is 3.79. The maximum atomic E-state index is 12.9. The maximum Gasteiger partial charge on any atom is 0.289 e. The Morgan fingerprint density at radius 1 is 1.22 bits per heavy atom. The fourth-order valence-electron chi connectivity index (χ4n) is 3.60. The molecule has 0 aliphatic carbocycles. The molecule has 1 aliphatic heterocycles. The van der Waals surface area contributed by atoms with Gasteiger partial charge in [0, 0.05) is 18.4 Å². The molecule has 1 fully saturated rings. The molecule has 140 valence electrons. The van der Waals surface area contributed by atoms with Gasteiger partial charge in [-0.15, -0.1) is 0 Å². The number of aliphatic hydroxyl groups is 1. The number of piperidine rings is 1. The highest BCUT2D eigenvalue weighted by Crippen LogP contribution is 2.28. The van der Waals surface area contributed by atoms with Crippen molar-refractivity contribution in [3.63, 3.8) is 0 Å². The third-order valence-corrected chi connectivity index (χ3v) is 5.06. The zero-order chi connectivity index (χ0) is 19.0. The van der Waals surface area contributed by atoms with Gasteiger partial charge in [0.05, 0.1) is 6.54 Å². The Morgan fingerprint density at radius 2 is 2.00 bits per heavy atom. The first-order valence-corrected chi connectivity index (χ1v) is 9.16. The summed E-state index contributed by atoms with van der Waals surface area (Å²) in [6.07, 6.45) is 0.176. The number of aryl methyl sites for hydroxylation is 1. The summed E-state index contributed by atoms with van der Waals surface area (Å²) < 4.78 is 11.7. The molecular weight excluding hydrogens is 342 g/mol. The van der Waals surface area contributed by atoms with Gasteiger partial charge >= 0.3 is 0 Å². The number of carbonyl (C=O) groups excluding carboxylic acids is 1. The molecule has 5 heteroatoms. The van der Waals surface area contributed by atoms with E-state index in [9.17, 15) is 9.90 Å². The van der Waals surface area contributed by atoms with E-state index in [-0.39, 0.29) is 18.6 Å². The lowest BCUT2D eigenvalue weighted by molar-refractivity contribution is -0.0902. The van der Waals surface area contributed by atoms with Crippen LogP contribution in [0.2, 0.25) is 0 Å². The van der Waals surface area contributed by atoms with Gasteiger partial charge in [0.25, 0.3) is 5.91 Å². The van der Waals surface area contributed by atoms with E-state index in [0.717, 1.165) is 16.7 Å². The SMILES string of the molecule is Cc1ccc2oc(C(=O)N3CC[C@H](Oc4ccccc4)[C@@](C)(O)C3)cc2c1. The minimum absolute atomic E-state index is 0.194. The van der Waals surface area contributed by atoms with Crippen molar-refractivity contribution < 1.29 is 19.1 Å². The van der Waals surface area contributed by atoms with Crippen LogP contribution in [0.5, 0.6) is 5.75 Å². The fraction of sp³-hybridized carbons (Fsp3) is 0.318. The molecule has 1 amide bonds. The van der Waals surface area contributed by atoms with Crippen LogP contribution in [-0.4, -0.2) is 40.7 Å². The van der Waals surface area contributed by atoms with Gasteiger partial charge in [-0.2, -0.15) is 0 Å². The van der Waals surface area contributed by atoms with Crippen molar-refractivity contribution in [1.29, 1.82) is 0 Å². The number of β-amino-alcohol motifs (C(OH)–C–C–N with tert-alkyl or cyclic N) is 1. The summed E-state index contributed by atoms with van der Waals surface area (Å²) in [5.74, 6) is 0.811. The Balaban J connectivity index is 1.49. The molecule has 1 aliphatic rings. The number of hydrogen-bond donors (Lipinski definition) is 1. The molecule has 2 atom stereocenters. The molecule has 0 spiro atoms. The Bertz CT molecular complexity index is 961. The molecule has 5 nitrogen and oxygen atoms in total. The van der Waals surface area contributed by atoms with Gasteiger partial charge in [0.15, 0.2) is 5.76 Å². The smallest absolute Gasteiger partial charge is 0.289 e. The molecule has 2 heterocycles. The van der Waals surface area contributed by atoms with E-state index in [1.165, 1.54) is 0 Å². The van der Waals surface area contributed by atoms with Crippen LogP contribution >= 0.6 is 0 Å². The first kappa shape index (κ1) is 17.6. The van der Waals surface area contributed by atoms with Crippen molar-refractivity contribution in [2.24, 2.45) is 0 Å². The van der Waals surface area contributed by atoms with E-state index >= 15 is 0 Å². The summed E-state index contributed by atoms with van der Waals surface area (Å²) in [6.45, 7) is 4.41. The summed E-state index contributed by atoms with van der Waals surface area (Å²) in [7, 11) is 0. The van der Waals surface area contributed by atoms with Crippen molar-refractivity contribution in [1.82, 2.24) is 4.90 Å². The quantitative estimate of drug-likeness (QED) is 0.767. The van der Waals surface area contributed by atoms with Crippen LogP contribution in [0.4, 0.5) is 0 Å². The third-order valence-electron chi connectivity index (χ3n) is 5.06. The average Bonchev–Trinajstić information content (AvgIpc) is 3.06. The minimum atomic E-state index is -1.15. The predicted molar refractivity (Wildman–Crippen MR) is 103 cm³/mol. The van der Waals surface area contributed by atoms with Crippen LogP contribution in [0.3, 0.4) is 0 Å². The van der Waals surface area contributed by atoms with Crippen molar-refractivity contribution in [3.8, 4) is 5.75 Å². The number of amides is 1. The van der Waals surface area contributed by atoms with Crippen molar-refractivity contribution in [3.05, 3.63) is 65.9 Å². The number of fused-ring (bicyclic) bond motifs is 1. The third kappa shape index (κ3) is 3.55. The number of para-hydroxylation sites is 1. The Labute approximate surface area is 158 Å². The number of rotatable bonds is 3. The molecule has 0 unspecified atom stereocenters. The summed E-state index contributed by atoms with van der Waals surface area (Å²) in [5.41, 5.74) is 0.661. The second kappa shape index (κ2) is 6.74. The number of likely N-dealkylation sites (tertiary alicyclic amines) is 1. The summed E-state index contributed by atoms with van der Waals surface area (Å²) >= 11 is 0. The Kier molecular flexibility index (Phi) is 4.40. The summed E-state index contributed by atoms with van der Waals surface area (Å²) in [6, 6.07) is 17.0. The largest absolute Gasteiger partial charge is 0.487 e. The summed E-state index contributed by atoms with van der Waals surface area (Å²) in [4.78, 5) is 14.5. The van der Waals surface area contributed by atoms with Gasteiger partial charge in [-0.05, 0) is 44.2 Å².